The maximum absolute atomic E-state index is 5.28. The zero-order valence-electron chi connectivity index (χ0n) is 12.3. The van der Waals surface area contributed by atoms with Crippen LogP contribution in [0, 0.1) is 6.92 Å². The molecule has 0 radical (unpaired) electrons. The van der Waals surface area contributed by atoms with Crippen LogP contribution in [0.4, 0.5) is 0 Å². The summed E-state index contributed by atoms with van der Waals surface area (Å²) in [6.07, 6.45) is 2.96. The minimum atomic E-state index is 0.857. The summed E-state index contributed by atoms with van der Waals surface area (Å²) in [5.41, 5.74) is 4.59. The fourth-order valence-electron chi connectivity index (χ4n) is 2.38. The van der Waals surface area contributed by atoms with E-state index < -0.39 is 0 Å². The number of para-hydroxylation sites is 1. The molecule has 0 aliphatic heterocycles. The quantitative estimate of drug-likeness (QED) is 0.726. The van der Waals surface area contributed by atoms with Gasteiger partial charge >= 0.3 is 0 Å². The molecule has 0 N–H and O–H groups in total. The van der Waals surface area contributed by atoms with E-state index in [1.54, 1.807) is 7.11 Å². The number of rotatable bonds is 4. The number of aryl methyl sites for hydroxylation is 1. The third-order valence-corrected chi connectivity index (χ3v) is 3.55. The minimum absolute atomic E-state index is 0.857. The number of methoxy groups -OCH3 is 1. The normalized spacial score (nSPS) is 10.6. The second-order valence-electron chi connectivity index (χ2n) is 5.05. The molecule has 0 bridgehead atoms. The summed E-state index contributed by atoms with van der Waals surface area (Å²) < 4.78 is 7.21. The van der Waals surface area contributed by atoms with E-state index in [0.717, 1.165) is 23.6 Å². The lowest BCUT2D eigenvalue weighted by Gasteiger charge is -2.03. The maximum Gasteiger partial charge on any atom is 0.119 e. The van der Waals surface area contributed by atoms with Crippen LogP contribution >= 0.6 is 0 Å². The van der Waals surface area contributed by atoms with Gasteiger partial charge < -0.3 is 4.74 Å². The molecule has 0 unspecified atom stereocenters. The first-order chi connectivity index (χ1) is 10.3. The van der Waals surface area contributed by atoms with Crippen LogP contribution in [0.1, 0.15) is 16.8 Å². The van der Waals surface area contributed by atoms with Gasteiger partial charge in [0.15, 0.2) is 0 Å². The average Bonchev–Trinajstić information content (AvgIpc) is 2.89. The van der Waals surface area contributed by atoms with Gasteiger partial charge in [-0.25, -0.2) is 4.68 Å². The Labute approximate surface area is 124 Å². The van der Waals surface area contributed by atoms with Gasteiger partial charge in [0, 0.05) is 12.6 Å². The molecular weight excluding hydrogens is 260 g/mol. The molecule has 3 heteroatoms. The van der Waals surface area contributed by atoms with Gasteiger partial charge in [-0.15, -0.1) is 0 Å². The Bertz CT molecular complexity index is 732. The van der Waals surface area contributed by atoms with E-state index in [0.29, 0.717) is 0 Å². The zero-order chi connectivity index (χ0) is 14.7. The van der Waals surface area contributed by atoms with Crippen molar-refractivity contribution in [3.8, 4) is 11.4 Å². The van der Waals surface area contributed by atoms with Gasteiger partial charge in [-0.3, -0.25) is 0 Å². The van der Waals surface area contributed by atoms with Crippen molar-refractivity contribution >= 4 is 0 Å². The molecule has 106 valence electrons. The highest BCUT2D eigenvalue weighted by atomic mass is 16.5. The molecule has 0 fully saturated rings. The highest BCUT2D eigenvalue weighted by molar-refractivity contribution is 5.36. The SMILES string of the molecule is COc1cccc(Cc2cn(-c3ccccc3)nc2C)c1. The predicted octanol–water partition coefficient (Wildman–Crippen LogP) is 3.78. The summed E-state index contributed by atoms with van der Waals surface area (Å²) >= 11 is 0. The van der Waals surface area contributed by atoms with Crippen LogP contribution < -0.4 is 4.74 Å². The molecule has 1 aromatic heterocycles. The monoisotopic (exact) mass is 278 g/mol. The van der Waals surface area contributed by atoms with Crippen molar-refractivity contribution in [3.63, 3.8) is 0 Å². The van der Waals surface area contributed by atoms with E-state index in [4.69, 9.17) is 4.74 Å². The zero-order valence-corrected chi connectivity index (χ0v) is 12.3. The van der Waals surface area contributed by atoms with E-state index in [9.17, 15) is 0 Å². The smallest absolute Gasteiger partial charge is 0.119 e. The van der Waals surface area contributed by atoms with Crippen molar-refractivity contribution in [2.75, 3.05) is 7.11 Å². The molecule has 3 rings (SSSR count). The molecule has 21 heavy (non-hydrogen) atoms. The summed E-state index contributed by atoms with van der Waals surface area (Å²) in [6, 6.07) is 18.3. The van der Waals surface area contributed by atoms with E-state index in [2.05, 4.69) is 42.5 Å². The average molecular weight is 278 g/mol. The Morgan fingerprint density at radius 2 is 1.86 bits per heavy atom. The van der Waals surface area contributed by atoms with Crippen LogP contribution in [0.3, 0.4) is 0 Å². The van der Waals surface area contributed by atoms with Crippen molar-refractivity contribution < 1.29 is 4.74 Å². The summed E-state index contributed by atoms with van der Waals surface area (Å²) in [7, 11) is 1.69. The Morgan fingerprint density at radius 1 is 1.05 bits per heavy atom. The third-order valence-electron chi connectivity index (χ3n) is 3.55. The molecule has 0 spiro atoms. The minimum Gasteiger partial charge on any atom is -0.497 e. The molecular formula is C18H18N2O. The number of ether oxygens (including phenoxy) is 1. The summed E-state index contributed by atoms with van der Waals surface area (Å²) in [6.45, 7) is 2.05. The van der Waals surface area contributed by atoms with Crippen molar-refractivity contribution in [2.24, 2.45) is 0 Å². The molecule has 2 aromatic carbocycles. The van der Waals surface area contributed by atoms with E-state index in [1.165, 1.54) is 11.1 Å². The molecule has 3 nitrogen and oxygen atoms in total. The molecule has 0 saturated heterocycles. The van der Waals surface area contributed by atoms with E-state index in [1.807, 2.05) is 35.0 Å². The van der Waals surface area contributed by atoms with Crippen LogP contribution in [-0.4, -0.2) is 16.9 Å². The van der Waals surface area contributed by atoms with Gasteiger partial charge in [0.2, 0.25) is 0 Å². The van der Waals surface area contributed by atoms with Crippen molar-refractivity contribution in [1.29, 1.82) is 0 Å². The van der Waals surface area contributed by atoms with Crippen LogP contribution in [0.2, 0.25) is 0 Å². The molecule has 1 heterocycles. The summed E-state index contributed by atoms with van der Waals surface area (Å²) in [5, 5.41) is 4.61. The molecule has 0 atom stereocenters. The molecule has 0 aliphatic carbocycles. The van der Waals surface area contributed by atoms with Gasteiger partial charge in [-0.1, -0.05) is 30.3 Å². The van der Waals surface area contributed by atoms with Gasteiger partial charge in [-0.05, 0) is 42.3 Å². The van der Waals surface area contributed by atoms with E-state index >= 15 is 0 Å². The number of nitrogens with zero attached hydrogens (tertiary/aromatic N) is 2. The lowest BCUT2D eigenvalue weighted by molar-refractivity contribution is 0.414. The molecule has 0 saturated carbocycles. The molecule has 0 aliphatic rings. The Morgan fingerprint density at radius 3 is 2.62 bits per heavy atom. The van der Waals surface area contributed by atoms with Crippen molar-refractivity contribution in [2.45, 2.75) is 13.3 Å². The van der Waals surface area contributed by atoms with E-state index in [-0.39, 0.29) is 0 Å². The number of hydrogen-bond acceptors (Lipinski definition) is 2. The first kappa shape index (κ1) is 13.4. The fraction of sp³-hybridized carbons (Fsp3) is 0.167. The summed E-state index contributed by atoms with van der Waals surface area (Å²) in [4.78, 5) is 0. The topological polar surface area (TPSA) is 27.1 Å². The first-order valence-corrected chi connectivity index (χ1v) is 7.00. The number of aromatic nitrogens is 2. The lowest BCUT2D eigenvalue weighted by Crippen LogP contribution is -1.93. The lowest BCUT2D eigenvalue weighted by atomic mass is 10.1. The van der Waals surface area contributed by atoms with Crippen molar-refractivity contribution in [1.82, 2.24) is 9.78 Å². The third kappa shape index (κ3) is 2.97. The van der Waals surface area contributed by atoms with Crippen LogP contribution in [0.15, 0.2) is 60.8 Å². The number of benzene rings is 2. The highest BCUT2D eigenvalue weighted by Gasteiger charge is 2.07. The Hall–Kier alpha value is -2.55. The second-order valence-corrected chi connectivity index (χ2v) is 5.05. The van der Waals surface area contributed by atoms with Crippen LogP contribution in [0.5, 0.6) is 5.75 Å². The molecule has 0 amide bonds. The van der Waals surface area contributed by atoms with Gasteiger partial charge in [0.25, 0.3) is 0 Å². The van der Waals surface area contributed by atoms with Gasteiger partial charge in [0.05, 0.1) is 18.5 Å². The van der Waals surface area contributed by atoms with Crippen LogP contribution in [0.25, 0.3) is 5.69 Å². The number of hydrogen-bond donors (Lipinski definition) is 0. The highest BCUT2D eigenvalue weighted by Crippen LogP contribution is 2.19. The van der Waals surface area contributed by atoms with Crippen molar-refractivity contribution in [3.05, 3.63) is 77.6 Å². The second kappa shape index (κ2) is 5.83. The Balaban J connectivity index is 1.88. The largest absolute Gasteiger partial charge is 0.497 e. The Kier molecular flexibility index (Phi) is 3.73. The van der Waals surface area contributed by atoms with Gasteiger partial charge in [0.1, 0.15) is 5.75 Å². The standard InChI is InChI=1S/C18H18N2O/c1-14-16(11-15-7-6-10-18(12-15)21-2)13-20(19-14)17-8-4-3-5-9-17/h3-10,12-13H,11H2,1-2H3. The van der Waals surface area contributed by atoms with Gasteiger partial charge in [-0.2, -0.15) is 5.10 Å². The maximum atomic E-state index is 5.28. The van der Waals surface area contributed by atoms with Crippen LogP contribution in [-0.2, 0) is 6.42 Å². The molecule has 3 aromatic rings. The summed E-state index contributed by atoms with van der Waals surface area (Å²) in [5.74, 6) is 0.889. The fourth-order valence-corrected chi connectivity index (χ4v) is 2.38. The predicted molar refractivity (Wildman–Crippen MR) is 84.1 cm³/mol. The first-order valence-electron chi connectivity index (χ1n) is 7.00.